The number of amides is 4. The van der Waals surface area contributed by atoms with Crippen LogP contribution in [0.15, 0.2) is 0 Å². The number of nitrogens with one attached hydrogen (secondary N) is 5. The Labute approximate surface area is 499 Å². The molecule has 84 heavy (non-hydrogen) atoms. The van der Waals surface area contributed by atoms with Crippen molar-refractivity contribution in [1.29, 1.82) is 0 Å². The van der Waals surface area contributed by atoms with Crippen LogP contribution in [0.1, 0.15) is 228 Å². The summed E-state index contributed by atoms with van der Waals surface area (Å²) in [6.07, 6.45) is 18.5. The molecule has 1 aromatic rings. The SMILES string of the molecule is CC(=O)[C@H](CCCCNC(=O)COCCOCCCC(=O)CCC(NC(=O)CCC(NC(=O)CCCCCNC(=O)CCCS(=O)(=O)CC(=O)CCCCCCCCCCCCCCCc1nn[nH]n1)C(=O)O)C(=O)O)CC(=O)C(C)(C)C.N.[HH]. The number of ketones is 4. The van der Waals surface area contributed by atoms with Gasteiger partial charge < -0.3 is 47.1 Å². The molecule has 0 spiro atoms. The second-order valence-electron chi connectivity index (χ2n) is 22.7. The Bertz CT molecular complexity index is 2200. The lowest BCUT2D eigenvalue weighted by Gasteiger charge is -2.20. The molecular formula is C58H105N9O16S. The van der Waals surface area contributed by atoms with Gasteiger partial charge in [-0.15, -0.1) is 10.2 Å². The number of tetrazole rings is 1. The molecule has 3 atom stereocenters. The second kappa shape index (κ2) is 47.6. The Balaban J connectivity index is 0. The maximum Gasteiger partial charge on any atom is 0.326 e. The lowest BCUT2D eigenvalue weighted by atomic mass is 9.82. The average molecular weight is 1220 g/mol. The monoisotopic (exact) mass is 1220 g/mol. The van der Waals surface area contributed by atoms with Gasteiger partial charge in [-0.1, -0.05) is 109 Å². The summed E-state index contributed by atoms with van der Waals surface area (Å²) in [6.45, 7) is 8.03. The van der Waals surface area contributed by atoms with Crippen molar-refractivity contribution in [1.82, 2.24) is 48.0 Å². The van der Waals surface area contributed by atoms with Crippen molar-refractivity contribution in [2.75, 3.05) is 51.0 Å². The van der Waals surface area contributed by atoms with Gasteiger partial charge in [0.05, 0.1) is 19.0 Å². The largest absolute Gasteiger partial charge is 0.480 e. The highest BCUT2D eigenvalue weighted by molar-refractivity contribution is 7.92. The number of H-pyrrole nitrogens is 1. The lowest BCUT2D eigenvalue weighted by molar-refractivity contribution is -0.143. The minimum Gasteiger partial charge on any atom is -0.480 e. The molecule has 10 N–H and O–H groups in total. The molecule has 0 saturated carbocycles. The van der Waals surface area contributed by atoms with E-state index in [2.05, 4.69) is 41.9 Å². The van der Waals surface area contributed by atoms with Crippen molar-refractivity contribution in [2.45, 2.75) is 239 Å². The minimum absolute atomic E-state index is 0. The van der Waals surface area contributed by atoms with E-state index in [-0.39, 0.29) is 145 Å². The highest BCUT2D eigenvalue weighted by Gasteiger charge is 2.27. The summed E-state index contributed by atoms with van der Waals surface area (Å²) in [7, 11) is -3.63. The zero-order chi connectivity index (χ0) is 61.7. The second-order valence-corrected chi connectivity index (χ2v) is 24.8. The van der Waals surface area contributed by atoms with Crippen molar-refractivity contribution in [3.05, 3.63) is 5.82 Å². The number of hydrogen-bond acceptors (Lipinski definition) is 18. The van der Waals surface area contributed by atoms with Crippen molar-refractivity contribution in [2.24, 2.45) is 11.3 Å². The van der Waals surface area contributed by atoms with Gasteiger partial charge in [0.1, 0.15) is 47.6 Å². The molecule has 0 radical (unpaired) electrons. The summed E-state index contributed by atoms with van der Waals surface area (Å²) in [5.41, 5.74) is -0.503. The summed E-state index contributed by atoms with van der Waals surface area (Å²) in [5, 5.41) is 43.4. The zero-order valence-electron chi connectivity index (χ0n) is 50.9. The summed E-state index contributed by atoms with van der Waals surface area (Å²) in [4.78, 5) is 122. The number of aryl methyl sites for hydroxylation is 1. The summed E-state index contributed by atoms with van der Waals surface area (Å²) >= 11 is 0. The minimum atomic E-state index is -3.63. The number of carbonyl (C=O) groups excluding carboxylic acids is 8. The number of nitrogens with zero attached hydrogens (tertiary/aromatic N) is 3. The van der Waals surface area contributed by atoms with E-state index in [1.54, 1.807) is 0 Å². The number of aromatic nitrogens is 4. The first-order valence-corrected chi connectivity index (χ1v) is 32.0. The van der Waals surface area contributed by atoms with Gasteiger partial charge in [-0.3, -0.25) is 38.4 Å². The predicted octanol–water partition coefficient (Wildman–Crippen LogP) is 6.63. The predicted molar refractivity (Wildman–Crippen MR) is 318 cm³/mol. The third-order valence-corrected chi connectivity index (χ3v) is 15.7. The van der Waals surface area contributed by atoms with E-state index in [4.69, 9.17) is 9.47 Å². The maximum atomic E-state index is 12.6. The smallest absolute Gasteiger partial charge is 0.326 e. The lowest BCUT2D eigenvalue weighted by Crippen LogP contribution is -2.44. The van der Waals surface area contributed by atoms with Crippen LogP contribution in [0.4, 0.5) is 0 Å². The normalized spacial score (nSPS) is 12.5. The van der Waals surface area contributed by atoms with Gasteiger partial charge in [-0.05, 0) is 71.1 Å². The molecule has 484 valence electrons. The first-order valence-electron chi connectivity index (χ1n) is 30.2. The maximum absolute atomic E-state index is 12.6. The topological polar surface area (TPSA) is 401 Å². The number of carbonyl (C=O) groups is 10. The fourth-order valence-electron chi connectivity index (χ4n) is 8.87. The van der Waals surface area contributed by atoms with Crippen LogP contribution in [-0.2, 0) is 73.7 Å². The number of ether oxygens (including phenoxy) is 2. The first-order chi connectivity index (χ1) is 39.5. The van der Waals surface area contributed by atoms with E-state index in [1.165, 1.54) is 51.9 Å². The standard InChI is InChI=1S/C58H100N8O16S.H3N.H2/c1-44(67)45(41-50(70)58(2,3)4)25-20-22-36-60-55(74)42-82-39-38-81-37-23-27-46(68)31-32-48(56(75)76)62-54(73)34-33-49(57(77)78)61-53(72)29-19-16-21-35-59-52(71)30-24-40-83(79,80)43-47(69)26-17-14-12-10-8-6-5-7-9-11-13-15-18-28-51-63-65-66-64-51;;/h45,48-49H,5-43H2,1-4H3,(H,59,71)(H,60,74)(H,61,72)(H,62,73)(H,75,76)(H,77,78)(H,63,64,65,66);1H3;1H/t45-,48?,49?;;/m1../s1. The number of carboxylic acids is 2. The van der Waals surface area contributed by atoms with Crippen molar-refractivity contribution < 1.29 is 77.5 Å². The van der Waals surface area contributed by atoms with Gasteiger partial charge in [-0.2, -0.15) is 5.21 Å². The molecule has 0 bridgehead atoms. The molecule has 1 aromatic heterocycles. The number of aromatic amines is 1. The molecule has 0 fully saturated rings. The fourth-order valence-corrected chi connectivity index (χ4v) is 10.2. The van der Waals surface area contributed by atoms with Gasteiger partial charge in [0.2, 0.25) is 23.6 Å². The van der Waals surface area contributed by atoms with Crippen LogP contribution in [0, 0.1) is 11.3 Å². The molecule has 25 nitrogen and oxygen atoms in total. The molecule has 0 aliphatic rings. The van der Waals surface area contributed by atoms with Gasteiger partial charge >= 0.3 is 11.9 Å². The zero-order valence-corrected chi connectivity index (χ0v) is 51.7. The fraction of sp³-hybridized carbons (Fsp3) is 0.810. The van der Waals surface area contributed by atoms with Crippen LogP contribution in [0.3, 0.4) is 0 Å². The Kier molecular flexibility index (Phi) is 44.4. The van der Waals surface area contributed by atoms with Crippen LogP contribution in [0.2, 0.25) is 0 Å². The van der Waals surface area contributed by atoms with Gasteiger partial charge in [0.15, 0.2) is 15.7 Å². The Hall–Kier alpha value is -5.60. The van der Waals surface area contributed by atoms with Crippen molar-refractivity contribution in [3.8, 4) is 0 Å². The summed E-state index contributed by atoms with van der Waals surface area (Å²) < 4.78 is 35.8. The van der Waals surface area contributed by atoms with Crippen LogP contribution in [0.25, 0.3) is 0 Å². The number of unbranched alkanes of at least 4 members (excludes halogenated alkanes) is 15. The third-order valence-electron chi connectivity index (χ3n) is 14.0. The molecule has 1 heterocycles. The van der Waals surface area contributed by atoms with Gasteiger partial charge in [-0.25, -0.2) is 18.0 Å². The number of sulfone groups is 1. The van der Waals surface area contributed by atoms with E-state index in [0.29, 0.717) is 57.9 Å². The van der Waals surface area contributed by atoms with E-state index in [9.17, 15) is 66.6 Å². The number of hydrogen-bond donors (Lipinski definition) is 8. The average Bonchev–Trinajstić information content (AvgIpc) is 4.06. The summed E-state index contributed by atoms with van der Waals surface area (Å²) in [5.74, 6) is -5.59. The molecule has 26 heteroatoms. The first kappa shape index (κ1) is 78.4. The Morgan fingerprint density at radius 3 is 1.63 bits per heavy atom. The number of aliphatic carboxylic acids is 2. The molecular weight excluding hydrogens is 1110 g/mol. The van der Waals surface area contributed by atoms with E-state index >= 15 is 0 Å². The van der Waals surface area contributed by atoms with Crippen molar-refractivity contribution in [3.63, 3.8) is 0 Å². The number of carboxylic acid groups (broad SMARTS) is 2. The van der Waals surface area contributed by atoms with Crippen LogP contribution in [0.5, 0.6) is 0 Å². The molecule has 2 unspecified atom stereocenters. The third kappa shape index (κ3) is 44.0. The van der Waals surface area contributed by atoms with Gasteiger partial charge in [0.25, 0.3) is 0 Å². The van der Waals surface area contributed by atoms with Crippen LogP contribution in [-0.4, -0.2) is 161 Å². The molecule has 0 saturated heterocycles. The Morgan fingerprint density at radius 1 is 0.560 bits per heavy atom. The van der Waals surface area contributed by atoms with Crippen LogP contribution < -0.4 is 27.4 Å². The number of Topliss-reactive ketones (excluding diaryl/α,β-unsaturated/α-hetero) is 4. The summed E-state index contributed by atoms with van der Waals surface area (Å²) in [6, 6.07) is -2.82. The highest BCUT2D eigenvalue weighted by Crippen LogP contribution is 2.23. The Morgan fingerprint density at radius 2 is 1.06 bits per heavy atom. The molecule has 0 aliphatic carbocycles. The quantitative estimate of drug-likeness (QED) is 0.0317. The van der Waals surface area contributed by atoms with Gasteiger partial charge in [0, 0.05) is 83.8 Å². The van der Waals surface area contributed by atoms with E-state index < -0.39 is 63.3 Å². The highest BCUT2D eigenvalue weighted by atomic mass is 32.2. The van der Waals surface area contributed by atoms with Crippen LogP contribution >= 0.6 is 0 Å². The van der Waals surface area contributed by atoms with E-state index in [0.717, 1.165) is 44.3 Å². The molecule has 0 aromatic carbocycles. The molecule has 4 amide bonds. The molecule has 0 aliphatic heterocycles. The van der Waals surface area contributed by atoms with E-state index in [1.807, 2.05) is 20.8 Å². The molecule has 1 rings (SSSR count). The number of rotatable bonds is 55. The van der Waals surface area contributed by atoms with Crippen molar-refractivity contribution >= 4 is 68.5 Å².